The predicted octanol–water partition coefficient (Wildman–Crippen LogP) is 1.00. The van der Waals surface area contributed by atoms with E-state index in [9.17, 15) is 9.90 Å². The Kier molecular flexibility index (Phi) is 4.15. The van der Waals surface area contributed by atoms with Crippen molar-refractivity contribution in [2.45, 2.75) is 19.0 Å². The van der Waals surface area contributed by atoms with Crippen LogP contribution in [0.25, 0.3) is 0 Å². The molecule has 1 aromatic rings. The second kappa shape index (κ2) is 5.18. The summed E-state index contributed by atoms with van der Waals surface area (Å²) in [7, 11) is 1.39. The monoisotopic (exact) mass is 243 g/mol. The van der Waals surface area contributed by atoms with E-state index in [1.807, 2.05) is 6.07 Å². The van der Waals surface area contributed by atoms with Crippen LogP contribution in [-0.2, 0) is 22.5 Å². The van der Waals surface area contributed by atoms with Crippen molar-refractivity contribution in [1.82, 2.24) is 5.32 Å². The minimum absolute atomic E-state index is 0. The molecule has 1 aliphatic rings. The maximum Gasteiger partial charge on any atom is 0.323 e. The number of halogens is 1. The molecule has 1 heterocycles. The highest BCUT2D eigenvalue weighted by Gasteiger charge is 2.24. The van der Waals surface area contributed by atoms with Crippen molar-refractivity contribution in [3.63, 3.8) is 0 Å². The number of phenolic OH excluding ortho intramolecular Hbond substituents is 1. The number of methoxy groups -OCH3 is 1. The van der Waals surface area contributed by atoms with Crippen molar-refractivity contribution in [2.75, 3.05) is 7.11 Å². The lowest BCUT2D eigenvalue weighted by Crippen LogP contribution is -2.42. The first kappa shape index (κ1) is 12.8. The molecule has 1 aromatic carbocycles. The van der Waals surface area contributed by atoms with Crippen LogP contribution in [0.15, 0.2) is 18.2 Å². The molecule has 2 N–H and O–H groups in total. The Morgan fingerprint density at radius 3 is 2.94 bits per heavy atom. The van der Waals surface area contributed by atoms with Gasteiger partial charge in [-0.05, 0) is 29.7 Å². The van der Waals surface area contributed by atoms with E-state index in [4.69, 9.17) is 0 Å². The molecule has 2 rings (SSSR count). The maximum absolute atomic E-state index is 11.3. The van der Waals surface area contributed by atoms with E-state index in [0.29, 0.717) is 13.0 Å². The van der Waals surface area contributed by atoms with Gasteiger partial charge >= 0.3 is 5.97 Å². The van der Waals surface area contributed by atoms with Gasteiger partial charge < -0.3 is 15.2 Å². The van der Waals surface area contributed by atoms with Gasteiger partial charge in [0.05, 0.1) is 7.11 Å². The fourth-order valence-corrected chi connectivity index (χ4v) is 1.81. The van der Waals surface area contributed by atoms with Gasteiger partial charge in [0.25, 0.3) is 0 Å². The van der Waals surface area contributed by atoms with Crippen LogP contribution in [0.3, 0.4) is 0 Å². The summed E-state index contributed by atoms with van der Waals surface area (Å²) >= 11 is 0. The summed E-state index contributed by atoms with van der Waals surface area (Å²) in [6, 6.07) is 4.93. The molecule has 16 heavy (non-hydrogen) atoms. The third-order valence-corrected chi connectivity index (χ3v) is 2.64. The Morgan fingerprint density at radius 1 is 1.50 bits per heavy atom. The highest BCUT2D eigenvalue weighted by Crippen LogP contribution is 2.21. The van der Waals surface area contributed by atoms with Crippen LogP contribution in [0.4, 0.5) is 0 Å². The molecule has 4 nitrogen and oxygen atoms in total. The second-order valence-electron chi connectivity index (χ2n) is 3.61. The summed E-state index contributed by atoms with van der Waals surface area (Å²) in [5, 5.41) is 12.4. The zero-order valence-electron chi connectivity index (χ0n) is 8.90. The number of nitrogens with one attached hydrogen (secondary N) is 1. The lowest BCUT2D eigenvalue weighted by atomic mass is 9.96. The quantitative estimate of drug-likeness (QED) is 0.723. The van der Waals surface area contributed by atoms with Crippen molar-refractivity contribution in [3.05, 3.63) is 29.3 Å². The molecule has 0 saturated carbocycles. The first-order chi connectivity index (χ1) is 7.20. The number of phenols is 1. The van der Waals surface area contributed by atoms with Crippen molar-refractivity contribution in [3.8, 4) is 5.75 Å². The van der Waals surface area contributed by atoms with Crippen molar-refractivity contribution in [2.24, 2.45) is 0 Å². The van der Waals surface area contributed by atoms with Gasteiger partial charge in [-0.1, -0.05) is 6.07 Å². The first-order valence-electron chi connectivity index (χ1n) is 4.82. The Bertz CT molecular complexity index is 395. The van der Waals surface area contributed by atoms with Gasteiger partial charge in [0.15, 0.2) is 0 Å². The maximum atomic E-state index is 11.3. The van der Waals surface area contributed by atoms with E-state index in [-0.39, 0.29) is 30.2 Å². The number of aromatic hydroxyl groups is 1. The summed E-state index contributed by atoms with van der Waals surface area (Å²) in [5.41, 5.74) is 2.12. The van der Waals surface area contributed by atoms with Gasteiger partial charge in [-0.25, -0.2) is 0 Å². The number of esters is 1. The molecule has 0 spiro atoms. The van der Waals surface area contributed by atoms with Crippen LogP contribution in [0.2, 0.25) is 0 Å². The molecule has 0 aromatic heterocycles. The van der Waals surface area contributed by atoms with Gasteiger partial charge in [0.1, 0.15) is 11.8 Å². The zero-order valence-corrected chi connectivity index (χ0v) is 9.71. The molecular formula is C11H14ClNO3. The lowest BCUT2D eigenvalue weighted by Gasteiger charge is -2.24. The lowest BCUT2D eigenvalue weighted by molar-refractivity contribution is -0.143. The zero-order chi connectivity index (χ0) is 10.8. The van der Waals surface area contributed by atoms with Crippen molar-refractivity contribution in [1.29, 1.82) is 0 Å². The van der Waals surface area contributed by atoms with E-state index in [1.165, 1.54) is 7.11 Å². The molecule has 0 unspecified atom stereocenters. The minimum Gasteiger partial charge on any atom is -0.508 e. The molecule has 0 amide bonds. The molecule has 5 heteroatoms. The molecule has 0 radical (unpaired) electrons. The number of ether oxygens (including phenoxy) is 1. The third kappa shape index (κ3) is 2.46. The highest BCUT2D eigenvalue weighted by molar-refractivity contribution is 5.85. The molecule has 1 atom stereocenters. The van der Waals surface area contributed by atoms with Crippen LogP contribution < -0.4 is 5.32 Å². The standard InChI is InChI=1S/C11H13NO3.ClH/c1-15-11(14)10-5-7-2-3-9(13)4-8(7)6-12-10;/h2-4,10,12-13H,5-6H2,1H3;1H/t10-;/m1./s1. The van der Waals surface area contributed by atoms with Gasteiger partial charge in [0.2, 0.25) is 0 Å². The van der Waals surface area contributed by atoms with E-state index < -0.39 is 0 Å². The summed E-state index contributed by atoms with van der Waals surface area (Å²) in [6.07, 6.45) is 0.613. The molecule has 0 fully saturated rings. The van der Waals surface area contributed by atoms with E-state index in [2.05, 4.69) is 10.1 Å². The third-order valence-electron chi connectivity index (χ3n) is 2.64. The second-order valence-corrected chi connectivity index (χ2v) is 3.61. The van der Waals surface area contributed by atoms with Gasteiger partial charge in [-0.2, -0.15) is 0 Å². The van der Waals surface area contributed by atoms with Crippen LogP contribution in [0.5, 0.6) is 5.75 Å². The number of benzene rings is 1. The predicted molar refractivity (Wildman–Crippen MR) is 61.7 cm³/mol. The molecular weight excluding hydrogens is 230 g/mol. The van der Waals surface area contributed by atoms with Crippen LogP contribution in [-0.4, -0.2) is 24.2 Å². The van der Waals surface area contributed by atoms with E-state index in [0.717, 1.165) is 11.1 Å². The molecule has 0 aliphatic carbocycles. The van der Waals surface area contributed by atoms with Gasteiger partial charge in [-0.15, -0.1) is 12.4 Å². The summed E-state index contributed by atoms with van der Waals surface area (Å²) in [4.78, 5) is 11.3. The largest absolute Gasteiger partial charge is 0.508 e. The van der Waals surface area contributed by atoms with Crippen LogP contribution in [0, 0.1) is 0 Å². The summed E-state index contributed by atoms with van der Waals surface area (Å²) < 4.78 is 4.68. The molecule has 0 saturated heterocycles. The van der Waals surface area contributed by atoms with E-state index >= 15 is 0 Å². The highest BCUT2D eigenvalue weighted by atomic mass is 35.5. The smallest absolute Gasteiger partial charge is 0.323 e. The number of hydrogen-bond donors (Lipinski definition) is 2. The fraction of sp³-hybridized carbons (Fsp3) is 0.364. The van der Waals surface area contributed by atoms with Crippen molar-refractivity contribution >= 4 is 18.4 Å². The summed E-state index contributed by atoms with van der Waals surface area (Å²) in [6.45, 7) is 0.587. The Labute approximate surface area is 100 Å². The van der Waals surface area contributed by atoms with Crippen LogP contribution in [0.1, 0.15) is 11.1 Å². The number of rotatable bonds is 1. The normalized spacial score (nSPS) is 18.2. The van der Waals surface area contributed by atoms with Crippen LogP contribution >= 0.6 is 12.4 Å². The number of carbonyl (C=O) groups excluding carboxylic acids is 1. The Morgan fingerprint density at radius 2 is 2.25 bits per heavy atom. The average Bonchev–Trinajstić information content (AvgIpc) is 2.27. The van der Waals surface area contributed by atoms with Gasteiger partial charge in [-0.3, -0.25) is 4.79 Å². The first-order valence-corrected chi connectivity index (χ1v) is 4.82. The Balaban J connectivity index is 0.00000128. The number of carbonyl (C=O) groups is 1. The number of fused-ring (bicyclic) bond motifs is 1. The Hall–Kier alpha value is -1.26. The topological polar surface area (TPSA) is 58.6 Å². The average molecular weight is 244 g/mol. The van der Waals surface area contributed by atoms with Crippen molar-refractivity contribution < 1.29 is 14.6 Å². The number of hydrogen-bond acceptors (Lipinski definition) is 4. The molecule has 1 aliphatic heterocycles. The SMILES string of the molecule is COC(=O)[C@H]1Cc2ccc(O)cc2CN1.Cl. The fourth-order valence-electron chi connectivity index (χ4n) is 1.81. The minimum atomic E-state index is -0.271. The van der Waals surface area contributed by atoms with Gasteiger partial charge in [0, 0.05) is 6.54 Å². The molecule has 88 valence electrons. The van der Waals surface area contributed by atoms with E-state index in [1.54, 1.807) is 12.1 Å². The molecule has 0 bridgehead atoms. The summed E-state index contributed by atoms with van der Waals surface area (Å²) in [5.74, 6) is 0.0146.